The lowest BCUT2D eigenvalue weighted by atomic mass is 10.3. The number of hydrogen-bond acceptors (Lipinski definition) is 3. The van der Waals surface area contributed by atoms with Crippen LogP contribution in [0.15, 0.2) is 36.7 Å². The molecule has 0 bridgehead atoms. The van der Waals surface area contributed by atoms with Gasteiger partial charge in [0.25, 0.3) is 0 Å². The number of hydrogen-bond donors (Lipinski definition) is 0. The van der Waals surface area contributed by atoms with E-state index in [-0.39, 0.29) is 11.8 Å². The Balaban J connectivity index is 1.70. The Hall–Kier alpha value is -3.10. The van der Waals surface area contributed by atoms with Crippen molar-refractivity contribution in [1.29, 1.82) is 0 Å². The first kappa shape index (κ1) is 16.1. The number of ether oxygens (including phenoxy) is 1. The van der Waals surface area contributed by atoms with Crippen LogP contribution in [0.5, 0.6) is 5.75 Å². The van der Waals surface area contributed by atoms with Crippen molar-refractivity contribution in [1.82, 2.24) is 19.1 Å². The quantitative estimate of drug-likeness (QED) is 0.490. The molecule has 0 atom stereocenters. The molecule has 4 aromatic rings. The minimum atomic E-state index is -2.92. The van der Waals surface area contributed by atoms with E-state index < -0.39 is 18.2 Å². The molecule has 2 aromatic carbocycles. The first-order chi connectivity index (χ1) is 13.0. The molecule has 5 nitrogen and oxygen atoms in total. The summed E-state index contributed by atoms with van der Waals surface area (Å²) in [4.78, 5) is 8.69. The zero-order valence-corrected chi connectivity index (χ0v) is 13.7. The lowest BCUT2D eigenvalue weighted by Crippen LogP contribution is -2.05. The zero-order chi connectivity index (χ0) is 18.7. The molecule has 27 heavy (non-hydrogen) atoms. The first-order valence-corrected chi connectivity index (χ1v) is 8.30. The predicted molar refractivity (Wildman–Crippen MR) is 89.2 cm³/mol. The number of nitrogens with zero attached hydrogens (tertiary/aromatic N) is 4. The number of halogens is 4. The van der Waals surface area contributed by atoms with Crippen molar-refractivity contribution >= 4 is 22.1 Å². The molecular formula is C18H12F4N4O. The van der Waals surface area contributed by atoms with Crippen molar-refractivity contribution in [2.45, 2.75) is 25.5 Å². The third-order valence-electron chi connectivity index (χ3n) is 4.58. The second kappa shape index (κ2) is 5.70. The normalized spacial score (nSPS) is 14.6. The van der Waals surface area contributed by atoms with E-state index >= 15 is 0 Å². The summed E-state index contributed by atoms with van der Waals surface area (Å²) < 4.78 is 60.1. The fourth-order valence-corrected chi connectivity index (χ4v) is 3.27. The van der Waals surface area contributed by atoms with Crippen LogP contribution in [0.3, 0.4) is 0 Å². The molecule has 0 aliphatic heterocycles. The largest absolute Gasteiger partial charge is 0.435 e. The molecule has 0 saturated heterocycles. The highest BCUT2D eigenvalue weighted by Gasteiger charge is 2.30. The standard InChI is InChI=1S/C18H12F4N4O/c19-11-6-14-16(7-12(11)20)26(9-1-2-9)18(24-14)25-8-23-13-5-10(27-17(21)22)3-4-15(13)25/h3-9,17H,1-2H2. The van der Waals surface area contributed by atoms with Gasteiger partial charge in [0, 0.05) is 24.2 Å². The van der Waals surface area contributed by atoms with Crippen LogP contribution >= 0.6 is 0 Å². The monoisotopic (exact) mass is 376 g/mol. The fraction of sp³-hybridized carbons (Fsp3) is 0.222. The van der Waals surface area contributed by atoms with Gasteiger partial charge in [-0.2, -0.15) is 8.78 Å². The minimum absolute atomic E-state index is 0.00240. The number of benzene rings is 2. The van der Waals surface area contributed by atoms with E-state index in [0.717, 1.165) is 25.0 Å². The molecule has 9 heteroatoms. The predicted octanol–water partition coefficient (Wildman–Crippen LogP) is 4.59. The number of rotatable bonds is 4. The van der Waals surface area contributed by atoms with Crippen LogP contribution in [0.25, 0.3) is 28.0 Å². The Morgan fingerprint density at radius 2 is 1.78 bits per heavy atom. The van der Waals surface area contributed by atoms with Gasteiger partial charge in [-0.3, -0.25) is 4.57 Å². The average Bonchev–Trinajstić information content (AvgIpc) is 3.27. The van der Waals surface area contributed by atoms with Gasteiger partial charge in [-0.1, -0.05) is 0 Å². The Bertz CT molecular complexity index is 1180. The van der Waals surface area contributed by atoms with Crippen molar-refractivity contribution in [3.63, 3.8) is 0 Å². The third kappa shape index (κ3) is 2.61. The van der Waals surface area contributed by atoms with E-state index in [9.17, 15) is 17.6 Å². The zero-order valence-electron chi connectivity index (χ0n) is 13.7. The summed E-state index contributed by atoms with van der Waals surface area (Å²) in [6, 6.07) is 6.78. The summed E-state index contributed by atoms with van der Waals surface area (Å²) in [5.74, 6) is -1.41. The van der Waals surface area contributed by atoms with Gasteiger partial charge in [0.2, 0.25) is 5.95 Å². The molecule has 0 unspecified atom stereocenters. The van der Waals surface area contributed by atoms with Crippen molar-refractivity contribution in [2.75, 3.05) is 0 Å². The van der Waals surface area contributed by atoms with Crippen LogP contribution in [-0.4, -0.2) is 25.7 Å². The molecule has 138 valence electrons. The van der Waals surface area contributed by atoms with Gasteiger partial charge < -0.3 is 9.30 Å². The smallest absolute Gasteiger partial charge is 0.387 e. The SMILES string of the molecule is Fc1cc2nc(-n3cnc4cc(OC(F)F)ccc43)n(C3CC3)c2cc1F. The summed E-state index contributed by atoms with van der Waals surface area (Å²) in [6.07, 6.45) is 3.33. The van der Waals surface area contributed by atoms with E-state index in [2.05, 4.69) is 14.7 Å². The molecule has 1 fully saturated rings. The van der Waals surface area contributed by atoms with E-state index in [4.69, 9.17) is 0 Å². The van der Waals surface area contributed by atoms with Crippen molar-refractivity contribution < 1.29 is 22.3 Å². The Kier molecular flexibility index (Phi) is 3.40. The van der Waals surface area contributed by atoms with Gasteiger partial charge in [0.15, 0.2) is 11.6 Å². The van der Waals surface area contributed by atoms with Gasteiger partial charge in [-0.25, -0.2) is 18.7 Å². The fourth-order valence-electron chi connectivity index (χ4n) is 3.27. The van der Waals surface area contributed by atoms with Crippen LogP contribution in [0.4, 0.5) is 17.6 Å². The van der Waals surface area contributed by atoms with Crippen molar-refractivity contribution in [3.05, 3.63) is 48.3 Å². The van der Waals surface area contributed by atoms with Crippen LogP contribution < -0.4 is 4.74 Å². The van der Waals surface area contributed by atoms with Crippen LogP contribution in [0.2, 0.25) is 0 Å². The molecule has 0 spiro atoms. The number of aromatic nitrogens is 4. The third-order valence-corrected chi connectivity index (χ3v) is 4.58. The van der Waals surface area contributed by atoms with Gasteiger partial charge in [-0.05, 0) is 25.0 Å². The van der Waals surface area contributed by atoms with Crippen molar-refractivity contribution in [3.8, 4) is 11.7 Å². The lowest BCUT2D eigenvalue weighted by molar-refractivity contribution is -0.0497. The molecule has 0 N–H and O–H groups in total. The highest BCUT2D eigenvalue weighted by molar-refractivity contribution is 5.81. The van der Waals surface area contributed by atoms with E-state index in [1.165, 1.54) is 18.5 Å². The maximum atomic E-state index is 13.8. The lowest BCUT2D eigenvalue weighted by Gasteiger charge is -2.09. The molecule has 1 aliphatic carbocycles. The molecule has 0 amide bonds. The Labute approximate surface area is 149 Å². The Morgan fingerprint density at radius 1 is 1.00 bits per heavy atom. The molecular weight excluding hydrogens is 364 g/mol. The number of fused-ring (bicyclic) bond motifs is 2. The topological polar surface area (TPSA) is 44.9 Å². The van der Waals surface area contributed by atoms with E-state index in [1.54, 1.807) is 10.6 Å². The van der Waals surface area contributed by atoms with Gasteiger partial charge >= 0.3 is 6.61 Å². The molecule has 1 saturated carbocycles. The molecule has 2 aromatic heterocycles. The maximum absolute atomic E-state index is 13.8. The minimum Gasteiger partial charge on any atom is -0.435 e. The number of imidazole rings is 2. The first-order valence-electron chi connectivity index (χ1n) is 8.30. The van der Waals surface area contributed by atoms with Crippen LogP contribution in [-0.2, 0) is 0 Å². The number of alkyl halides is 2. The highest BCUT2D eigenvalue weighted by Crippen LogP contribution is 2.40. The summed E-state index contributed by atoms with van der Waals surface area (Å²) in [5.41, 5.74) is 1.91. The van der Waals surface area contributed by atoms with Gasteiger partial charge in [-0.15, -0.1) is 0 Å². The summed E-state index contributed by atoms with van der Waals surface area (Å²) in [7, 11) is 0. The van der Waals surface area contributed by atoms with E-state index in [0.29, 0.717) is 28.0 Å². The van der Waals surface area contributed by atoms with Crippen LogP contribution in [0, 0.1) is 11.6 Å². The van der Waals surface area contributed by atoms with Crippen LogP contribution in [0.1, 0.15) is 18.9 Å². The summed E-state index contributed by atoms with van der Waals surface area (Å²) in [6.45, 7) is -2.92. The second-order valence-corrected chi connectivity index (χ2v) is 6.41. The summed E-state index contributed by atoms with van der Waals surface area (Å²) >= 11 is 0. The van der Waals surface area contributed by atoms with Crippen molar-refractivity contribution in [2.24, 2.45) is 0 Å². The van der Waals surface area contributed by atoms with E-state index in [1.807, 2.05) is 4.57 Å². The Morgan fingerprint density at radius 3 is 2.52 bits per heavy atom. The summed E-state index contributed by atoms with van der Waals surface area (Å²) in [5, 5.41) is 0. The molecule has 1 aliphatic rings. The van der Waals surface area contributed by atoms with Gasteiger partial charge in [0.1, 0.15) is 12.1 Å². The maximum Gasteiger partial charge on any atom is 0.387 e. The molecule has 5 rings (SSSR count). The second-order valence-electron chi connectivity index (χ2n) is 6.41. The highest BCUT2D eigenvalue weighted by atomic mass is 19.3. The average molecular weight is 376 g/mol. The molecule has 2 heterocycles. The molecule has 0 radical (unpaired) electrons. The van der Waals surface area contributed by atoms with Gasteiger partial charge in [0.05, 0.1) is 22.1 Å².